The topological polar surface area (TPSA) is 75.3 Å². The van der Waals surface area contributed by atoms with E-state index in [1.54, 1.807) is 54.6 Å². The van der Waals surface area contributed by atoms with Crippen LogP contribution >= 0.6 is 12.4 Å². The van der Waals surface area contributed by atoms with Gasteiger partial charge in [0.25, 0.3) is 0 Å². The zero-order valence-corrected chi connectivity index (χ0v) is 16.0. The third-order valence-corrected chi connectivity index (χ3v) is 5.98. The van der Waals surface area contributed by atoms with Crippen molar-refractivity contribution in [2.24, 2.45) is 0 Å². The van der Waals surface area contributed by atoms with Gasteiger partial charge in [-0.05, 0) is 49.2 Å². The van der Waals surface area contributed by atoms with Crippen LogP contribution in [0.25, 0.3) is 0 Å². The minimum atomic E-state index is -3.40. The molecule has 1 aliphatic rings. The van der Waals surface area contributed by atoms with Crippen molar-refractivity contribution >= 4 is 33.8 Å². The summed E-state index contributed by atoms with van der Waals surface area (Å²) in [4.78, 5) is 12.6. The van der Waals surface area contributed by atoms with Gasteiger partial charge in [0.05, 0.1) is 16.7 Å². The van der Waals surface area contributed by atoms with Gasteiger partial charge in [-0.3, -0.25) is 4.79 Å². The summed E-state index contributed by atoms with van der Waals surface area (Å²) in [5, 5.41) is 6.09. The highest BCUT2D eigenvalue weighted by Gasteiger charge is 2.21. The average molecular weight is 395 g/mol. The first-order valence-corrected chi connectivity index (χ1v) is 10.1. The molecule has 0 spiro atoms. The number of hydrogen-bond donors (Lipinski definition) is 2. The first kappa shape index (κ1) is 20.4. The number of rotatable bonds is 5. The van der Waals surface area contributed by atoms with Gasteiger partial charge in [0.2, 0.25) is 5.91 Å². The van der Waals surface area contributed by atoms with Gasteiger partial charge in [-0.2, -0.15) is 0 Å². The van der Waals surface area contributed by atoms with Gasteiger partial charge in [-0.25, -0.2) is 8.42 Å². The first-order valence-electron chi connectivity index (χ1n) is 8.46. The predicted octanol–water partition coefficient (Wildman–Crippen LogP) is 3.16. The number of carbonyl (C=O) groups is 1. The van der Waals surface area contributed by atoms with Crippen LogP contribution in [0.2, 0.25) is 0 Å². The zero-order chi connectivity index (χ0) is 17.7. The van der Waals surface area contributed by atoms with Crippen LogP contribution in [-0.4, -0.2) is 26.9 Å². The molecule has 0 aromatic heterocycles. The van der Waals surface area contributed by atoms with Crippen LogP contribution in [-0.2, 0) is 20.4 Å². The van der Waals surface area contributed by atoms with E-state index in [2.05, 4.69) is 10.6 Å². The lowest BCUT2D eigenvalue weighted by molar-refractivity contribution is -0.118. The quantitative estimate of drug-likeness (QED) is 0.816. The van der Waals surface area contributed by atoms with E-state index >= 15 is 0 Å². The van der Waals surface area contributed by atoms with E-state index < -0.39 is 9.84 Å². The van der Waals surface area contributed by atoms with Gasteiger partial charge in [0, 0.05) is 5.69 Å². The largest absolute Gasteiger partial charge is 0.325 e. The molecule has 2 aromatic rings. The molecule has 2 N–H and O–H groups in total. The van der Waals surface area contributed by atoms with Crippen molar-refractivity contribution in [2.75, 3.05) is 11.9 Å². The third kappa shape index (κ3) is 5.30. The molecule has 26 heavy (non-hydrogen) atoms. The Bertz CT molecular complexity index is 835. The van der Waals surface area contributed by atoms with E-state index in [0.717, 1.165) is 25.8 Å². The number of anilines is 1. The normalized spacial score (nSPS) is 17.2. The highest BCUT2D eigenvalue weighted by Crippen LogP contribution is 2.19. The molecule has 140 valence electrons. The SMILES string of the molecule is Cl.O=C(Nc1cccc(CS(=O)(=O)c2ccccc2)c1)C1CCCCN1. The van der Waals surface area contributed by atoms with E-state index in [9.17, 15) is 13.2 Å². The molecule has 0 saturated carbocycles. The minimum absolute atomic E-state index is 0. The summed E-state index contributed by atoms with van der Waals surface area (Å²) < 4.78 is 25.0. The summed E-state index contributed by atoms with van der Waals surface area (Å²) in [6, 6.07) is 15.2. The number of piperidine rings is 1. The monoisotopic (exact) mass is 394 g/mol. The van der Waals surface area contributed by atoms with Crippen LogP contribution in [0.3, 0.4) is 0 Å². The highest BCUT2D eigenvalue weighted by molar-refractivity contribution is 7.90. The van der Waals surface area contributed by atoms with E-state index in [4.69, 9.17) is 0 Å². The number of amides is 1. The molecule has 0 aliphatic carbocycles. The second kappa shape index (κ2) is 9.16. The zero-order valence-electron chi connectivity index (χ0n) is 14.4. The Morgan fingerprint density at radius 1 is 1.08 bits per heavy atom. The first-order chi connectivity index (χ1) is 12.0. The van der Waals surface area contributed by atoms with Gasteiger partial charge < -0.3 is 10.6 Å². The summed E-state index contributed by atoms with van der Waals surface area (Å²) in [5.41, 5.74) is 1.27. The highest BCUT2D eigenvalue weighted by atomic mass is 35.5. The van der Waals surface area contributed by atoms with Crippen molar-refractivity contribution in [3.63, 3.8) is 0 Å². The van der Waals surface area contributed by atoms with Crippen LogP contribution in [0.15, 0.2) is 59.5 Å². The van der Waals surface area contributed by atoms with Crippen molar-refractivity contribution < 1.29 is 13.2 Å². The van der Waals surface area contributed by atoms with Crippen molar-refractivity contribution in [3.05, 3.63) is 60.2 Å². The van der Waals surface area contributed by atoms with E-state index in [-0.39, 0.29) is 30.1 Å². The summed E-state index contributed by atoms with van der Waals surface area (Å²) in [7, 11) is -3.40. The lowest BCUT2D eigenvalue weighted by atomic mass is 10.0. The summed E-state index contributed by atoms with van der Waals surface area (Å²) in [5.74, 6) is -0.162. The Morgan fingerprint density at radius 3 is 2.54 bits per heavy atom. The van der Waals surface area contributed by atoms with Crippen LogP contribution in [0, 0.1) is 0 Å². The lowest BCUT2D eigenvalue weighted by Crippen LogP contribution is -2.43. The maximum atomic E-state index is 12.5. The molecule has 1 aliphatic heterocycles. The molecule has 1 heterocycles. The predicted molar refractivity (Wildman–Crippen MR) is 105 cm³/mol. The Morgan fingerprint density at radius 2 is 1.85 bits per heavy atom. The molecule has 1 saturated heterocycles. The number of halogens is 1. The summed E-state index contributed by atoms with van der Waals surface area (Å²) in [6.45, 7) is 0.855. The van der Waals surface area contributed by atoms with Gasteiger partial charge in [0.1, 0.15) is 0 Å². The van der Waals surface area contributed by atoms with Gasteiger partial charge in [-0.1, -0.05) is 36.8 Å². The standard InChI is InChI=1S/C19H22N2O3S.ClH/c22-19(18-11-4-5-12-20-18)21-16-8-6-7-15(13-16)14-25(23,24)17-9-2-1-3-10-17;/h1-3,6-10,13,18,20H,4-5,11-12,14H2,(H,21,22);1H. The van der Waals surface area contributed by atoms with Crippen LogP contribution in [0.1, 0.15) is 24.8 Å². The lowest BCUT2D eigenvalue weighted by Gasteiger charge is -2.22. The van der Waals surface area contributed by atoms with Gasteiger partial charge in [0.15, 0.2) is 9.84 Å². The Labute approximate surface area is 160 Å². The molecule has 1 amide bonds. The average Bonchev–Trinajstić information content (AvgIpc) is 2.63. The van der Waals surface area contributed by atoms with Gasteiger partial charge >= 0.3 is 0 Å². The molecule has 1 atom stereocenters. The fraction of sp³-hybridized carbons (Fsp3) is 0.316. The second-order valence-corrected chi connectivity index (χ2v) is 8.25. The fourth-order valence-electron chi connectivity index (χ4n) is 2.97. The molecule has 0 radical (unpaired) electrons. The molecule has 0 bridgehead atoms. The Balaban J connectivity index is 0.00000243. The molecule has 7 heteroatoms. The van der Waals surface area contributed by atoms with Crippen molar-refractivity contribution in [1.29, 1.82) is 0 Å². The van der Waals surface area contributed by atoms with E-state index in [0.29, 0.717) is 16.1 Å². The molecule has 1 fully saturated rings. The molecular weight excluding hydrogens is 372 g/mol. The molecule has 1 unspecified atom stereocenters. The second-order valence-electron chi connectivity index (χ2n) is 6.26. The molecule has 3 rings (SSSR count). The van der Waals surface area contributed by atoms with Crippen LogP contribution < -0.4 is 10.6 Å². The maximum Gasteiger partial charge on any atom is 0.241 e. The molecule has 2 aromatic carbocycles. The van der Waals surface area contributed by atoms with Gasteiger partial charge in [-0.15, -0.1) is 12.4 Å². The van der Waals surface area contributed by atoms with Crippen LogP contribution in [0.5, 0.6) is 0 Å². The third-order valence-electron chi connectivity index (χ3n) is 4.28. The molecule has 5 nitrogen and oxygen atoms in total. The van der Waals surface area contributed by atoms with E-state index in [1.165, 1.54) is 0 Å². The van der Waals surface area contributed by atoms with Crippen molar-refractivity contribution in [2.45, 2.75) is 36.0 Å². The minimum Gasteiger partial charge on any atom is -0.325 e. The number of carbonyl (C=O) groups excluding carboxylic acids is 1. The van der Waals surface area contributed by atoms with Crippen molar-refractivity contribution in [3.8, 4) is 0 Å². The van der Waals surface area contributed by atoms with Crippen LogP contribution in [0.4, 0.5) is 5.69 Å². The number of hydrogen-bond acceptors (Lipinski definition) is 4. The smallest absolute Gasteiger partial charge is 0.241 e. The fourth-order valence-corrected chi connectivity index (χ4v) is 4.33. The number of nitrogens with one attached hydrogen (secondary N) is 2. The number of sulfone groups is 1. The maximum absolute atomic E-state index is 12.5. The number of benzene rings is 2. The van der Waals surface area contributed by atoms with Crippen molar-refractivity contribution in [1.82, 2.24) is 5.32 Å². The Kier molecular flexibility index (Phi) is 7.20. The molecular formula is C19H23ClN2O3S. The summed E-state index contributed by atoms with van der Waals surface area (Å²) >= 11 is 0. The summed E-state index contributed by atoms with van der Waals surface area (Å²) in [6.07, 6.45) is 2.96. The van der Waals surface area contributed by atoms with E-state index in [1.807, 2.05) is 0 Å². The Hall–Kier alpha value is -1.89.